The van der Waals surface area contributed by atoms with Crippen LogP contribution in [-0.2, 0) is 0 Å². The summed E-state index contributed by atoms with van der Waals surface area (Å²) in [7, 11) is 0. The van der Waals surface area contributed by atoms with E-state index in [1.54, 1.807) is 0 Å². The van der Waals surface area contributed by atoms with Gasteiger partial charge in [0.25, 0.3) is 0 Å². The quantitative estimate of drug-likeness (QED) is 0.302. The number of unbranched alkanes of at least 4 members (excludes halogenated alkanes) is 10. The molecule has 0 saturated carbocycles. The highest BCUT2D eigenvalue weighted by Crippen LogP contribution is 2.10. The van der Waals surface area contributed by atoms with Gasteiger partial charge in [-0.05, 0) is 19.3 Å². The molecule has 0 heterocycles. The molecule has 0 aliphatic heterocycles. The molecule has 1 N–H and O–H groups in total. The van der Waals surface area contributed by atoms with Gasteiger partial charge in [-0.3, -0.25) is 0 Å². The van der Waals surface area contributed by atoms with E-state index in [1.807, 2.05) is 6.08 Å². The summed E-state index contributed by atoms with van der Waals surface area (Å²) < 4.78 is 0. The van der Waals surface area contributed by atoms with E-state index in [0.717, 1.165) is 12.8 Å². The Morgan fingerprint density at radius 2 is 1.26 bits per heavy atom. The monoisotopic (exact) mass is 268 g/mol. The van der Waals surface area contributed by atoms with Crippen LogP contribution < -0.4 is 0 Å². The molecule has 0 bridgehead atoms. The first kappa shape index (κ1) is 18.7. The van der Waals surface area contributed by atoms with Gasteiger partial charge < -0.3 is 5.11 Å². The molecule has 0 aromatic rings. The van der Waals surface area contributed by atoms with Crippen molar-refractivity contribution in [3.05, 3.63) is 12.2 Å². The van der Waals surface area contributed by atoms with Crippen LogP contribution in [0.25, 0.3) is 0 Å². The first-order chi connectivity index (χ1) is 9.31. The van der Waals surface area contributed by atoms with Crippen molar-refractivity contribution in [2.24, 2.45) is 0 Å². The average molecular weight is 268 g/mol. The standard InChI is InChI=1S/C18H36O/c1-3-5-7-9-10-11-13-15-17-18(19)16-14-12-8-6-4-2/h15,17-19H,3-14,16H2,1-2H3/b17-15-. The van der Waals surface area contributed by atoms with E-state index in [9.17, 15) is 5.11 Å². The van der Waals surface area contributed by atoms with E-state index >= 15 is 0 Å². The Morgan fingerprint density at radius 1 is 0.737 bits per heavy atom. The molecule has 0 rings (SSSR count). The van der Waals surface area contributed by atoms with Crippen LogP contribution in [0.3, 0.4) is 0 Å². The van der Waals surface area contributed by atoms with Gasteiger partial charge in [0, 0.05) is 0 Å². The Labute approximate surface area is 121 Å². The normalized spacial score (nSPS) is 13.2. The average Bonchev–Trinajstić information content (AvgIpc) is 2.41. The minimum Gasteiger partial charge on any atom is -0.389 e. The maximum Gasteiger partial charge on any atom is 0.0720 e. The molecule has 0 spiro atoms. The summed E-state index contributed by atoms with van der Waals surface area (Å²) in [6.45, 7) is 4.49. The molecular weight excluding hydrogens is 232 g/mol. The fourth-order valence-corrected chi connectivity index (χ4v) is 2.35. The van der Waals surface area contributed by atoms with Gasteiger partial charge in [0.1, 0.15) is 0 Å². The SMILES string of the molecule is CCCCCCCC/C=C\C(O)CCCCCCC. The van der Waals surface area contributed by atoms with Crippen LogP contribution in [0, 0.1) is 0 Å². The Kier molecular flexibility index (Phi) is 15.5. The Bertz CT molecular complexity index is 186. The van der Waals surface area contributed by atoms with Gasteiger partial charge in [0.15, 0.2) is 0 Å². The van der Waals surface area contributed by atoms with E-state index in [0.29, 0.717) is 0 Å². The fourth-order valence-electron chi connectivity index (χ4n) is 2.35. The van der Waals surface area contributed by atoms with Crippen molar-refractivity contribution < 1.29 is 5.11 Å². The van der Waals surface area contributed by atoms with Crippen LogP contribution in [-0.4, -0.2) is 11.2 Å². The van der Waals surface area contributed by atoms with E-state index < -0.39 is 0 Å². The summed E-state index contributed by atoms with van der Waals surface area (Å²) in [5.41, 5.74) is 0. The third-order valence-corrected chi connectivity index (χ3v) is 3.69. The maximum absolute atomic E-state index is 9.79. The fraction of sp³-hybridized carbons (Fsp3) is 0.889. The molecule has 1 nitrogen and oxygen atoms in total. The van der Waals surface area contributed by atoms with Gasteiger partial charge in [-0.15, -0.1) is 0 Å². The van der Waals surface area contributed by atoms with Crippen molar-refractivity contribution in [1.29, 1.82) is 0 Å². The van der Waals surface area contributed by atoms with Crippen LogP contribution in [0.15, 0.2) is 12.2 Å². The molecule has 0 radical (unpaired) electrons. The van der Waals surface area contributed by atoms with Gasteiger partial charge in [-0.25, -0.2) is 0 Å². The first-order valence-electron chi connectivity index (χ1n) is 8.66. The van der Waals surface area contributed by atoms with Crippen LogP contribution in [0.1, 0.15) is 97.3 Å². The minimum absolute atomic E-state index is 0.207. The molecular formula is C18H36O. The maximum atomic E-state index is 9.79. The summed E-state index contributed by atoms with van der Waals surface area (Å²) in [6, 6.07) is 0. The second-order valence-corrected chi connectivity index (χ2v) is 5.75. The molecule has 114 valence electrons. The molecule has 0 amide bonds. The second-order valence-electron chi connectivity index (χ2n) is 5.75. The van der Waals surface area contributed by atoms with Gasteiger partial charge in [-0.1, -0.05) is 90.2 Å². The molecule has 0 fully saturated rings. The largest absolute Gasteiger partial charge is 0.389 e. The first-order valence-corrected chi connectivity index (χ1v) is 8.66. The van der Waals surface area contributed by atoms with Crippen molar-refractivity contribution >= 4 is 0 Å². The number of aliphatic hydroxyl groups is 1. The number of aliphatic hydroxyl groups excluding tert-OH is 1. The van der Waals surface area contributed by atoms with Gasteiger partial charge in [0.05, 0.1) is 6.10 Å². The molecule has 19 heavy (non-hydrogen) atoms. The predicted octanol–water partition coefficient (Wildman–Crippen LogP) is 6.01. The van der Waals surface area contributed by atoms with Crippen LogP contribution >= 0.6 is 0 Å². The smallest absolute Gasteiger partial charge is 0.0720 e. The summed E-state index contributed by atoms with van der Waals surface area (Å²) in [4.78, 5) is 0. The summed E-state index contributed by atoms with van der Waals surface area (Å²) in [6.07, 6.45) is 20.5. The van der Waals surface area contributed by atoms with Gasteiger partial charge >= 0.3 is 0 Å². The molecule has 0 saturated heterocycles. The lowest BCUT2D eigenvalue weighted by molar-refractivity contribution is 0.207. The Morgan fingerprint density at radius 3 is 1.89 bits per heavy atom. The van der Waals surface area contributed by atoms with Crippen molar-refractivity contribution in [2.75, 3.05) is 0 Å². The molecule has 0 aliphatic carbocycles. The Balaban J connectivity index is 3.24. The van der Waals surface area contributed by atoms with Crippen LogP contribution in [0.5, 0.6) is 0 Å². The third-order valence-electron chi connectivity index (χ3n) is 3.69. The lowest BCUT2D eigenvalue weighted by Crippen LogP contribution is -2.01. The highest BCUT2D eigenvalue weighted by molar-refractivity contribution is 4.88. The van der Waals surface area contributed by atoms with E-state index in [2.05, 4.69) is 19.9 Å². The summed E-state index contributed by atoms with van der Waals surface area (Å²) in [5.74, 6) is 0. The third kappa shape index (κ3) is 15.6. The highest BCUT2D eigenvalue weighted by atomic mass is 16.3. The van der Waals surface area contributed by atoms with Crippen LogP contribution in [0.4, 0.5) is 0 Å². The van der Waals surface area contributed by atoms with Gasteiger partial charge in [-0.2, -0.15) is 0 Å². The number of hydrogen-bond donors (Lipinski definition) is 1. The number of rotatable bonds is 14. The zero-order chi connectivity index (χ0) is 14.2. The molecule has 0 aliphatic rings. The van der Waals surface area contributed by atoms with E-state index in [-0.39, 0.29) is 6.10 Å². The summed E-state index contributed by atoms with van der Waals surface area (Å²) in [5, 5.41) is 9.79. The van der Waals surface area contributed by atoms with Gasteiger partial charge in [0.2, 0.25) is 0 Å². The van der Waals surface area contributed by atoms with Crippen molar-refractivity contribution in [2.45, 2.75) is 103 Å². The highest BCUT2D eigenvalue weighted by Gasteiger charge is 1.98. The van der Waals surface area contributed by atoms with Crippen molar-refractivity contribution in [1.82, 2.24) is 0 Å². The molecule has 0 aromatic carbocycles. The van der Waals surface area contributed by atoms with Crippen molar-refractivity contribution in [3.8, 4) is 0 Å². The lowest BCUT2D eigenvalue weighted by Gasteiger charge is -2.05. The zero-order valence-corrected chi connectivity index (χ0v) is 13.4. The summed E-state index contributed by atoms with van der Waals surface area (Å²) >= 11 is 0. The Hall–Kier alpha value is -0.300. The predicted molar refractivity (Wildman–Crippen MR) is 86.5 cm³/mol. The van der Waals surface area contributed by atoms with E-state index in [1.165, 1.54) is 70.6 Å². The number of allylic oxidation sites excluding steroid dienone is 1. The number of hydrogen-bond acceptors (Lipinski definition) is 1. The molecule has 1 atom stereocenters. The lowest BCUT2D eigenvalue weighted by atomic mass is 10.1. The topological polar surface area (TPSA) is 20.2 Å². The molecule has 1 heteroatoms. The molecule has 0 aromatic heterocycles. The van der Waals surface area contributed by atoms with Crippen LogP contribution in [0.2, 0.25) is 0 Å². The molecule has 1 unspecified atom stereocenters. The zero-order valence-electron chi connectivity index (χ0n) is 13.4. The van der Waals surface area contributed by atoms with E-state index in [4.69, 9.17) is 0 Å². The minimum atomic E-state index is -0.207. The second kappa shape index (κ2) is 15.8. The van der Waals surface area contributed by atoms with Crippen molar-refractivity contribution in [3.63, 3.8) is 0 Å².